The van der Waals surface area contributed by atoms with E-state index in [9.17, 15) is 9.59 Å². The van der Waals surface area contributed by atoms with Crippen LogP contribution in [0.15, 0.2) is 95.9 Å². The summed E-state index contributed by atoms with van der Waals surface area (Å²) < 4.78 is 34.0. The minimum Gasteiger partial charge on any atom is -0.870 e. The summed E-state index contributed by atoms with van der Waals surface area (Å²) in [5.41, 5.74) is 2.40. The number of benzene rings is 3. The molecule has 11 nitrogen and oxygen atoms in total. The lowest BCUT2D eigenvalue weighted by molar-refractivity contribution is -0.377. The van der Waals surface area contributed by atoms with Crippen molar-refractivity contribution >= 4 is 35.1 Å². The van der Waals surface area contributed by atoms with Crippen molar-refractivity contribution in [2.75, 3.05) is 14.2 Å². The van der Waals surface area contributed by atoms with E-state index in [-0.39, 0.29) is 48.4 Å². The Kier molecular flexibility index (Phi) is 13.7. The average Bonchev–Trinajstić information content (AvgIpc) is 3.59. The van der Waals surface area contributed by atoms with Crippen LogP contribution in [-0.4, -0.2) is 42.2 Å². The number of halogens is 2. The molecule has 2 N–H and O–H groups in total. The quantitative estimate of drug-likeness (QED) is 0.102. The number of oxazole rings is 1. The Morgan fingerprint density at radius 1 is 0.865 bits per heavy atom. The van der Waals surface area contributed by atoms with E-state index in [1.54, 1.807) is 36.7 Å². The molecule has 2 heterocycles. The van der Waals surface area contributed by atoms with Crippen molar-refractivity contribution in [3.63, 3.8) is 0 Å². The van der Waals surface area contributed by atoms with Crippen LogP contribution in [0.1, 0.15) is 77.8 Å². The van der Waals surface area contributed by atoms with Crippen LogP contribution in [0.25, 0.3) is 0 Å². The van der Waals surface area contributed by atoms with Crippen molar-refractivity contribution < 1.29 is 48.2 Å². The van der Waals surface area contributed by atoms with Gasteiger partial charge in [0.25, 0.3) is 0 Å². The first-order valence-electron chi connectivity index (χ1n) is 16.1. The van der Waals surface area contributed by atoms with E-state index in [0.717, 1.165) is 11.1 Å². The van der Waals surface area contributed by atoms with Gasteiger partial charge < -0.3 is 33.6 Å². The molecule has 0 bridgehead atoms. The molecule has 0 amide bonds. The SMILES string of the molecule is COc1ccc([C@H](Cc2c(Cl)c[nH+]cc2Cl)OC(=O)c2coc(COc3cccc([C@@H](CC(=O)OC(C)(C)C)c4ccccc4)c3)n2)cc1OC.[OH-]. The number of H-pyrrole nitrogens is 1. The fraction of sp³-hybridized carbons (Fsp3) is 0.282. The normalized spacial score (nSPS) is 12.2. The first-order chi connectivity index (χ1) is 24.4. The number of methoxy groups -OCH3 is 2. The Morgan fingerprint density at radius 2 is 1.56 bits per heavy atom. The number of nitrogens with one attached hydrogen (secondary N) is 1. The van der Waals surface area contributed by atoms with Crippen molar-refractivity contribution in [1.82, 2.24) is 4.98 Å². The van der Waals surface area contributed by atoms with Crippen molar-refractivity contribution in [3.8, 4) is 17.2 Å². The van der Waals surface area contributed by atoms with Gasteiger partial charge in [-0.15, -0.1) is 0 Å². The number of rotatable bonds is 14. The molecule has 0 unspecified atom stereocenters. The van der Waals surface area contributed by atoms with Crippen LogP contribution >= 0.6 is 23.2 Å². The van der Waals surface area contributed by atoms with Crippen molar-refractivity contribution in [2.24, 2.45) is 0 Å². The Morgan fingerprint density at radius 3 is 2.23 bits per heavy atom. The Labute approximate surface area is 312 Å². The van der Waals surface area contributed by atoms with Gasteiger partial charge in [0, 0.05) is 17.9 Å². The molecule has 3 aromatic carbocycles. The van der Waals surface area contributed by atoms with Gasteiger partial charge in [-0.05, 0) is 61.7 Å². The van der Waals surface area contributed by atoms with Crippen LogP contribution in [0.4, 0.5) is 0 Å². The maximum atomic E-state index is 13.4. The third-order valence-corrected chi connectivity index (χ3v) is 8.47. The number of pyridine rings is 1. The van der Waals surface area contributed by atoms with Gasteiger partial charge >= 0.3 is 11.9 Å². The van der Waals surface area contributed by atoms with Crippen LogP contribution in [0.3, 0.4) is 0 Å². The highest BCUT2D eigenvalue weighted by Gasteiger charge is 2.26. The van der Waals surface area contributed by atoms with Gasteiger partial charge in [0.15, 0.2) is 36.2 Å². The Bertz CT molecular complexity index is 1940. The van der Waals surface area contributed by atoms with Gasteiger partial charge in [-0.3, -0.25) is 4.79 Å². The van der Waals surface area contributed by atoms with E-state index in [1.165, 1.54) is 20.5 Å². The molecule has 5 aromatic rings. The average molecular weight is 752 g/mol. The molecule has 5 rings (SSSR count). The Balaban J connectivity index is 0.00000605. The molecule has 0 spiro atoms. The minimum atomic E-state index is -0.827. The summed E-state index contributed by atoms with van der Waals surface area (Å²) in [5.74, 6) is 0.375. The fourth-order valence-electron chi connectivity index (χ4n) is 5.43. The maximum absolute atomic E-state index is 13.4. The van der Waals surface area contributed by atoms with E-state index in [2.05, 4.69) is 9.97 Å². The fourth-order valence-corrected chi connectivity index (χ4v) is 5.96. The molecule has 0 aliphatic heterocycles. The highest BCUT2D eigenvalue weighted by Crippen LogP contribution is 2.36. The second kappa shape index (κ2) is 17.9. The molecule has 2 atom stereocenters. The number of hydrogen-bond acceptors (Lipinski definition) is 10. The van der Waals surface area contributed by atoms with Crippen LogP contribution in [0.5, 0.6) is 17.2 Å². The van der Waals surface area contributed by atoms with Gasteiger partial charge in [0.1, 0.15) is 33.8 Å². The second-order valence-corrected chi connectivity index (χ2v) is 13.4. The molecule has 0 aliphatic carbocycles. The molecule has 2 aromatic heterocycles. The highest BCUT2D eigenvalue weighted by molar-refractivity contribution is 6.35. The molecular formula is C39H40Cl2N2O9. The maximum Gasteiger partial charge on any atom is 0.360 e. The number of nitrogens with zero attached hydrogens (tertiary/aromatic N) is 1. The minimum absolute atomic E-state index is 0. The molecule has 52 heavy (non-hydrogen) atoms. The summed E-state index contributed by atoms with van der Waals surface area (Å²) in [4.78, 5) is 33.5. The van der Waals surface area contributed by atoms with E-state index < -0.39 is 17.7 Å². The van der Waals surface area contributed by atoms with E-state index in [1.807, 2.05) is 69.3 Å². The Hall–Kier alpha value is -5.10. The molecule has 0 aliphatic rings. The van der Waals surface area contributed by atoms with Crippen LogP contribution in [-0.2, 0) is 27.3 Å². The van der Waals surface area contributed by atoms with E-state index >= 15 is 0 Å². The van der Waals surface area contributed by atoms with E-state index in [4.69, 9.17) is 51.3 Å². The van der Waals surface area contributed by atoms with Gasteiger partial charge in [0.2, 0.25) is 5.89 Å². The van der Waals surface area contributed by atoms with Gasteiger partial charge in [-0.2, -0.15) is 0 Å². The molecule has 0 radical (unpaired) electrons. The largest absolute Gasteiger partial charge is 0.870 e. The molecule has 0 saturated heterocycles. The number of hydrogen-bond donors (Lipinski definition) is 0. The first kappa shape index (κ1) is 39.7. The predicted molar refractivity (Wildman–Crippen MR) is 192 cm³/mol. The summed E-state index contributed by atoms with van der Waals surface area (Å²) in [5, 5.41) is 0.766. The van der Waals surface area contributed by atoms with Crippen LogP contribution in [0, 0.1) is 0 Å². The van der Waals surface area contributed by atoms with Crippen molar-refractivity contribution in [3.05, 3.63) is 135 Å². The second-order valence-electron chi connectivity index (χ2n) is 12.6. The summed E-state index contributed by atoms with van der Waals surface area (Å²) in [6, 6.07) is 22.4. The lowest BCUT2D eigenvalue weighted by atomic mass is 9.88. The number of aromatic nitrogens is 2. The standard InChI is InChI=1S/C39H38Cl2N2O8.H2O/c1-39(2,3)51-37(44)19-28(24-10-7-6-8-11-24)25-12-9-13-27(16-25)48-23-36-43-32(22-49-36)38(45)50-34(18-29-30(40)20-42-21-31(29)41)26-14-15-33(46-4)35(17-26)47-5;/h6-17,20-22,28,34H,18-19,23H2,1-5H3;1H2/t28-,34-;/m0./s1. The van der Waals surface area contributed by atoms with Crippen molar-refractivity contribution in [2.45, 2.75) is 57.8 Å². The molecule has 0 fully saturated rings. The van der Waals surface area contributed by atoms with E-state index in [0.29, 0.717) is 38.4 Å². The lowest BCUT2D eigenvalue weighted by Crippen LogP contribution is -2.25. The zero-order valence-corrected chi connectivity index (χ0v) is 30.9. The van der Waals surface area contributed by atoms with Gasteiger partial charge in [-0.1, -0.05) is 71.7 Å². The smallest absolute Gasteiger partial charge is 0.360 e. The van der Waals surface area contributed by atoms with Gasteiger partial charge in [0.05, 0.1) is 20.6 Å². The predicted octanol–water partition coefficient (Wildman–Crippen LogP) is 8.22. The lowest BCUT2D eigenvalue weighted by Gasteiger charge is -2.23. The zero-order valence-electron chi connectivity index (χ0n) is 29.4. The molecule has 13 heteroatoms. The first-order valence-corrected chi connectivity index (χ1v) is 16.9. The number of aromatic amines is 1. The summed E-state index contributed by atoms with van der Waals surface area (Å²) in [6.07, 6.45) is 3.90. The number of ether oxygens (including phenoxy) is 5. The van der Waals surface area contributed by atoms with Crippen LogP contribution in [0.2, 0.25) is 10.0 Å². The topological polar surface area (TPSA) is 150 Å². The van der Waals surface area contributed by atoms with Crippen LogP contribution < -0.4 is 19.2 Å². The van der Waals surface area contributed by atoms with Gasteiger partial charge in [-0.25, -0.2) is 14.8 Å². The third-order valence-electron chi connectivity index (χ3n) is 7.79. The number of carbonyl (C=O) groups excluding carboxylic acids is 2. The van der Waals surface area contributed by atoms with Crippen molar-refractivity contribution in [1.29, 1.82) is 0 Å². The summed E-state index contributed by atoms with van der Waals surface area (Å²) >= 11 is 12.9. The molecule has 274 valence electrons. The number of esters is 2. The molecule has 0 saturated carbocycles. The zero-order chi connectivity index (χ0) is 36.5. The molecular weight excluding hydrogens is 711 g/mol. The summed E-state index contributed by atoms with van der Waals surface area (Å²) in [6.45, 7) is 5.47. The monoisotopic (exact) mass is 750 g/mol. The number of carbonyl (C=O) groups is 2. The third kappa shape index (κ3) is 10.5. The highest BCUT2D eigenvalue weighted by atomic mass is 35.5. The summed E-state index contributed by atoms with van der Waals surface area (Å²) in [7, 11) is 3.05.